The van der Waals surface area contributed by atoms with Gasteiger partial charge in [-0.25, -0.2) is 9.18 Å². The summed E-state index contributed by atoms with van der Waals surface area (Å²) in [5.74, 6) is -1.88. The summed E-state index contributed by atoms with van der Waals surface area (Å²) in [6.07, 6.45) is 0. The lowest BCUT2D eigenvalue weighted by Crippen LogP contribution is -2.50. The standard InChI is InChI=1S/C34H37Cl2FN4O6/c1-34(2,45)19-38-6-8-39(9-7-38)22-14-26(35)30(27(36)15-22)32(42)41-18-21-4-3-5-23(31(21)47-20-41)24-17-29(40-10-12-46-13-11-40)25(33(43)44)16-28(24)37/h3-5,14-17,45H,6-13,18-20H2,1-2H3,(H,43,44). The number of β-amino-alcohol motifs (C(OH)–C–C–N with tert-alkyl or cyclic N) is 1. The van der Waals surface area contributed by atoms with Gasteiger partial charge >= 0.3 is 5.97 Å². The van der Waals surface area contributed by atoms with E-state index >= 15 is 4.39 Å². The number of morpholine rings is 1. The number of aromatic carboxylic acids is 1. The van der Waals surface area contributed by atoms with Crippen molar-refractivity contribution in [3.8, 4) is 16.9 Å². The summed E-state index contributed by atoms with van der Waals surface area (Å²) in [5, 5.41) is 20.4. The SMILES string of the molecule is CC(C)(O)CN1CCN(c2cc(Cl)c(C(=O)N3COc4c(cccc4-c4cc(N5CCOCC5)c(C(=O)O)cc4F)C3)c(Cl)c2)CC1. The van der Waals surface area contributed by atoms with Crippen molar-refractivity contribution in [2.24, 2.45) is 0 Å². The van der Waals surface area contributed by atoms with E-state index in [0.29, 0.717) is 55.4 Å². The highest BCUT2D eigenvalue weighted by atomic mass is 35.5. The Balaban J connectivity index is 1.21. The van der Waals surface area contributed by atoms with Crippen molar-refractivity contribution in [2.45, 2.75) is 26.0 Å². The molecule has 0 atom stereocenters. The van der Waals surface area contributed by atoms with E-state index in [-0.39, 0.29) is 40.0 Å². The molecule has 250 valence electrons. The van der Waals surface area contributed by atoms with Crippen molar-refractivity contribution in [1.29, 1.82) is 0 Å². The van der Waals surface area contributed by atoms with E-state index in [0.717, 1.165) is 37.9 Å². The fourth-order valence-corrected chi connectivity index (χ4v) is 7.07. The van der Waals surface area contributed by atoms with Gasteiger partial charge in [-0.1, -0.05) is 41.4 Å². The van der Waals surface area contributed by atoms with Crippen LogP contribution in [0.25, 0.3) is 11.1 Å². The van der Waals surface area contributed by atoms with Crippen molar-refractivity contribution in [2.75, 3.05) is 75.6 Å². The van der Waals surface area contributed by atoms with Gasteiger partial charge in [0, 0.05) is 68.2 Å². The van der Waals surface area contributed by atoms with Crippen LogP contribution in [0.3, 0.4) is 0 Å². The predicted octanol–water partition coefficient (Wildman–Crippen LogP) is 5.22. The first-order valence-electron chi connectivity index (χ1n) is 15.5. The largest absolute Gasteiger partial charge is 0.478 e. The Morgan fingerprint density at radius 2 is 1.62 bits per heavy atom. The Morgan fingerprint density at radius 3 is 2.26 bits per heavy atom. The minimum absolute atomic E-state index is 0.119. The molecule has 0 aromatic heterocycles. The number of ether oxygens (including phenoxy) is 2. The fourth-order valence-electron chi connectivity index (χ4n) is 6.44. The molecule has 0 radical (unpaired) electrons. The van der Waals surface area contributed by atoms with Crippen LogP contribution in [0, 0.1) is 5.82 Å². The van der Waals surface area contributed by atoms with E-state index in [2.05, 4.69) is 9.80 Å². The third-order valence-corrected chi connectivity index (χ3v) is 9.25. The van der Waals surface area contributed by atoms with Gasteiger partial charge in [0.05, 0.1) is 52.2 Å². The van der Waals surface area contributed by atoms with Crippen LogP contribution in [0.5, 0.6) is 5.75 Å². The van der Waals surface area contributed by atoms with Gasteiger partial charge in [-0.3, -0.25) is 9.69 Å². The first kappa shape index (κ1) is 33.3. The Morgan fingerprint density at radius 1 is 0.936 bits per heavy atom. The number of para-hydroxylation sites is 1. The second kappa shape index (κ2) is 13.5. The molecule has 3 aliphatic heterocycles. The molecule has 3 aromatic carbocycles. The molecule has 13 heteroatoms. The summed E-state index contributed by atoms with van der Waals surface area (Å²) in [7, 11) is 0. The number of carbonyl (C=O) groups is 2. The van der Waals surface area contributed by atoms with E-state index in [1.807, 2.05) is 4.90 Å². The van der Waals surface area contributed by atoms with Crippen LogP contribution in [0.1, 0.15) is 40.1 Å². The van der Waals surface area contributed by atoms with Gasteiger partial charge in [0.15, 0.2) is 6.73 Å². The fraction of sp³-hybridized carbons (Fsp3) is 0.412. The summed E-state index contributed by atoms with van der Waals surface area (Å²) in [4.78, 5) is 33.5. The quantitative estimate of drug-likeness (QED) is 0.346. The number of rotatable bonds is 7. The third kappa shape index (κ3) is 7.14. The molecule has 0 spiro atoms. The minimum Gasteiger partial charge on any atom is -0.478 e. The number of anilines is 2. The number of piperazine rings is 1. The monoisotopic (exact) mass is 686 g/mol. The molecule has 10 nitrogen and oxygen atoms in total. The van der Waals surface area contributed by atoms with Crippen molar-refractivity contribution >= 4 is 46.5 Å². The van der Waals surface area contributed by atoms with Crippen molar-refractivity contribution in [1.82, 2.24) is 9.80 Å². The number of halogens is 3. The van der Waals surface area contributed by atoms with Crippen LogP contribution in [0.15, 0.2) is 42.5 Å². The molecule has 2 fully saturated rings. The second-order valence-electron chi connectivity index (χ2n) is 12.7. The molecule has 1 amide bonds. The van der Waals surface area contributed by atoms with Crippen LogP contribution in [-0.2, 0) is 11.3 Å². The molecule has 3 heterocycles. The van der Waals surface area contributed by atoms with Gasteiger partial charge in [-0.2, -0.15) is 0 Å². The van der Waals surface area contributed by atoms with Crippen LogP contribution >= 0.6 is 23.2 Å². The molecule has 2 N–H and O–H groups in total. The number of aliphatic hydroxyl groups is 1. The zero-order valence-electron chi connectivity index (χ0n) is 26.3. The van der Waals surface area contributed by atoms with Crippen LogP contribution in [-0.4, -0.2) is 103 Å². The Hall–Kier alpha value is -3.61. The smallest absolute Gasteiger partial charge is 0.337 e. The molecule has 3 aliphatic rings. The van der Waals surface area contributed by atoms with Crippen LogP contribution in [0.4, 0.5) is 15.8 Å². The minimum atomic E-state index is -1.22. The average Bonchev–Trinajstić information content (AvgIpc) is 3.03. The normalized spacial score (nSPS) is 17.4. The van der Waals surface area contributed by atoms with Gasteiger partial charge in [-0.15, -0.1) is 0 Å². The van der Waals surface area contributed by atoms with E-state index < -0.39 is 23.3 Å². The number of fused-ring (bicyclic) bond motifs is 1. The Bertz CT molecular complexity index is 1660. The number of carboxylic acids is 1. The summed E-state index contributed by atoms with van der Waals surface area (Å²) >= 11 is 13.4. The third-order valence-electron chi connectivity index (χ3n) is 8.66. The number of hydrogen-bond acceptors (Lipinski definition) is 8. The lowest BCUT2D eigenvalue weighted by atomic mass is 9.97. The van der Waals surface area contributed by atoms with E-state index in [1.54, 1.807) is 50.2 Å². The molecular weight excluding hydrogens is 650 g/mol. The van der Waals surface area contributed by atoms with Gasteiger partial charge in [-0.05, 0) is 38.1 Å². The molecule has 0 unspecified atom stereocenters. The highest BCUT2D eigenvalue weighted by Crippen LogP contribution is 2.41. The zero-order valence-corrected chi connectivity index (χ0v) is 27.8. The van der Waals surface area contributed by atoms with Gasteiger partial charge in [0.1, 0.15) is 11.6 Å². The van der Waals surface area contributed by atoms with E-state index in [9.17, 15) is 19.8 Å². The maximum absolute atomic E-state index is 15.5. The number of amides is 1. The second-order valence-corrected chi connectivity index (χ2v) is 13.5. The molecule has 0 bridgehead atoms. The van der Waals surface area contributed by atoms with Crippen LogP contribution < -0.4 is 14.5 Å². The Labute approximate surface area is 282 Å². The first-order chi connectivity index (χ1) is 22.4. The van der Waals surface area contributed by atoms with Crippen molar-refractivity contribution < 1.29 is 33.7 Å². The number of benzene rings is 3. The molecule has 6 rings (SSSR count). The van der Waals surface area contributed by atoms with Gasteiger partial charge < -0.3 is 34.4 Å². The number of nitrogens with zero attached hydrogens (tertiary/aromatic N) is 4. The molecule has 0 saturated carbocycles. The predicted molar refractivity (Wildman–Crippen MR) is 179 cm³/mol. The highest BCUT2D eigenvalue weighted by molar-refractivity contribution is 6.40. The molecule has 0 aliphatic carbocycles. The van der Waals surface area contributed by atoms with Gasteiger partial charge in [0.2, 0.25) is 0 Å². The zero-order chi connectivity index (χ0) is 33.5. The lowest BCUT2D eigenvalue weighted by Gasteiger charge is -2.38. The Kier molecular flexibility index (Phi) is 9.55. The average molecular weight is 688 g/mol. The number of hydrogen-bond donors (Lipinski definition) is 2. The topological polar surface area (TPSA) is 106 Å². The van der Waals surface area contributed by atoms with Crippen molar-refractivity contribution in [3.63, 3.8) is 0 Å². The van der Waals surface area contributed by atoms with Crippen molar-refractivity contribution in [3.05, 3.63) is 75.0 Å². The maximum atomic E-state index is 15.5. The molecular formula is C34H37Cl2FN4O6. The summed E-state index contributed by atoms with van der Waals surface area (Å²) in [6.45, 7) is 9.07. The molecule has 47 heavy (non-hydrogen) atoms. The summed E-state index contributed by atoms with van der Waals surface area (Å²) in [6, 6.07) is 11.4. The summed E-state index contributed by atoms with van der Waals surface area (Å²) < 4.78 is 27.0. The molecule has 3 aromatic rings. The van der Waals surface area contributed by atoms with Crippen LogP contribution in [0.2, 0.25) is 10.0 Å². The van der Waals surface area contributed by atoms with E-state index in [1.165, 1.54) is 4.90 Å². The van der Waals surface area contributed by atoms with E-state index in [4.69, 9.17) is 32.7 Å². The van der Waals surface area contributed by atoms with Gasteiger partial charge in [0.25, 0.3) is 5.91 Å². The number of carboxylic acid groups (broad SMARTS) is 1. The first-order valence-corrected chi connectivity index (χ1v) is 16.3. The lowest BCUT2D eigenvalue weighted by molar-refractivity contribution is 0.0345. The number of carbonyl (C=O) groups excluding carboxylic acids is 1. The summed E-state index contributed by atoms with van der Waals surface area (Å²) in [5.41, 5.74) is 1.83. The highest BCUT2D eigenvalue weighted by Gasteiger charge is 2.31. The maximum Gasteiger partial charge on any atom is 0.337 e. The molecule has 2 saturated heterocycles.